The number of likely N-dealkylation sites (N-methyl/N-ethyl adjacent to an activating group) is 1. The molecular formula is C11H18N2O. The lowest BCUT2D eigenvalue weighted by Crippen LogP contribution is -2.21. The van der Waals surface area contributed by atoms with E-state index in [1.807, 2.05) is 38.4 Å². The minimum absolute atomic E-state index is 0.0884. The third-order valence-corrected chi connectivity index (χ3v) is 2.06. The van der Waals surface area contributed by atoms with E-state index in [9.17, 15) is 0 Å². The molecule has 3 nitrogen and oxygen atoms in total. The maximum absolute atomic E-state index is 9.08. The lowest BCUT2D eigenvalue weighted by atomic mass is 10.2. The number of para-hydroxylation sites is 1. The molecule has 1 aromatic carbocycles. The van der Waals surface area contributed by atoms with Gasteiger partial charge in [-0.05, 0) is 20.2 Å². The van der Waals surface area contributed by atoms with Gasteiger partial charge in [0.1, 0.15) is 0 Å². The van der Waals surface area contributed by atoms with E-state index in [1.54, 1.807) is 0 Å². The van der Waals surface area contributed by atoms with Crippen LogP contribution in [-0.2, 0) is 6.61 Å². The van der Waals surface area contributed by atoms with Crippen molar-refractivity contribution in [2.75, 3.05) is 32.5 Å². The van der Waals surface area contributed by atoms with E-state index in [4.69, 9.17) is 5.11 Å². The Morgan fingerprint density at radius 1 is 1.29 bits per heavy atom. The van der Waals surface area contributed by atoms with Gasteiger partial charge in [-0.2, -0.15) is 0 Å². The summed E-state index contributed by atoms with van der Waals surface area (Å²) in [6.07, 6.45) is 0. The maximum atomic E-state index is 9.08. The van der Waals surface area contributed by atoms with Crippen LogP contribution >= 0.6 is 0 Å². The van der Waals surface area contributed by atoms with Gasteiger partial charge in [-0.3, -0.25) is 0 Å². The highest BCUT2D eigenvalue weighted by atomic mass is 16.3. The molecule has 0 aliphatic carbocycles. The van der Waals surface area contributed by atoms with Crippen molar-refractivity contribution in [2.24, 2.45) is 0 Å². The second kappa shape index (κ2) is 5.62. The second-order valence-corrected chi connectivity index (χ2v) is 3.55. The van der Waals surface area contributed by atoms with Gasteiger partial charge in [0.15, 0.2) is 0 Å². The summed E-state index contributed by atoms with van der Waals surface area (Å²) in [6.45, 7) is 1.97. The van der Waals surface area contributed by atoms with Gasteiger partial charge in [-0.25, -0.2) is 0 Å². The quantitative estimate of drug-likeness (QED) is 0.738. The van der Waals surface area contributed by atoms with Crippen LogP contribution in [0.4, 0.5) is 5.69 Å². The van der Waals surface area contributed by atoms with Crippen molar-refractivity contribution in [1.29, 1.82) is 0 Å². The molecule has 0 amide bonds. The molecule has 0 aliphatic rings. The van der Waals surface area contributed by atoms with Gasteiger partial charge < -0.3 is 15.3 Å². The summed E-state index contributed by atoms with van der Waals surface area (Å²) in [6, 6.07) is 7.82. The van der Waals surface area contributed by atoms with Gasteiger partial charge in [0, 0.05) is 24.3 Å². The molecule has 0 heterocycles. The van der Waals surface area contributed by atoms with Gasteiger partial charge in [-0.1, -0.05) is 18.2 Å². The van der Waals surface area contributed by atoms with E-state index in [0.717, 1.165) is 24.3 Å². The number of benzene rings is 1. The predicted molar refractivity (Wildman–Crippen MR) is 59.4 cm³/mol. The first-order valence-electron chi connectivity index (χ1n) is 4.81. The Balaban J connectivity index is 2.49. The molecule has 0 saturated heterocycles. The van der Waals surface area contributed by atoms with E-state index < -0.39 is 0 Å². The van der Waals surface area contributed by atoms with E-state index >= 15 is 0 Å². The van der Waals surface area contributed by atoms with Crippen molar-refractivity contribution >= 4 is 5.69 Å². The van der Waals surface area contributed by atoms with Crippen molar-refractivity contribution in [3.8, 4) is 0 Å². The topological polar surface area (TPSA) is 35.5 Å². The number of hydrogen-bond acceptors (Lipinski definition) is 3. The Hall–Kier alpha value is -1.06. The molecule has 3 heteroatoms. The van der Waals surface area contributed by atoms with Crippen LogP contribution in [0.2, 0.25) is 0 Å². The molecule has 0 bridgehead atoms. The van der Waals surface area contributed by atoms with Crippen LogP contribution < -0.4 is 5.32 Å². The third kappa shape index (κ3) is 3.36. The second-order valence-electron chi connectivity index (χ2n) is 3.55. The van der Waals surface area contributed by atoms with Crippen LogP contribution in [0, 0.1) is 0 Å². The Labute approximate surface area is 85.4 Å². The molecule has 0 unspecified atom stereocenters. The number of rotatable bonds is 5. The van der Waals surface area contributed by atoms with Gasteiger partial charge >= 0.3 is 0 Å². The first kappa shape index (κ1) is 11.0. The zero-order valence-electron chi connectivity index (χ0n) is 8.83. The minimum Gasteiger partial charge on any atom is -0.392 e. The molecule has 0 saturated carbocycles. The summed E-state index contributed by atoms with van der Waals surface area (Å²) >= 11 is 0. The smallest absolute Gasteiger partial charge is 0.0701 e. The fourth-order valence-electron chi connectivity index (χ4n) is 1.24. The highest BCUT2D eigenvalue weighted by Gasteiger charge is 1.98. The summed E-state index contributed by atoms with van der Waals surface area (Å²) in [4.78, 5) is 2.12. The van der Waals surface area contributed by atoms with Gasteiger partial charge in [-0.15, -0.1) is 0 Å². The molecule has 14 heavy (non-hydrogen) atoms. The Morgan fingerprint density at radius 3 is 2.64 bits per heavy atom. The minimum atomic E-state index is 0.0884. The van der Waals surface area contributed by atoms with Crippen molar-refractivity contribution in [3.63, 3.8) is 0 Å². The highest BCUT2D eigenvalue weighted by Crippen LogP contribution is 2.13. The molecule has 0 radical (unpaired) electrons. The average Bonchev–Trinajstić information content (AvgIpc) is 2.18. The summed E-state index contributed by atoms with van der Waals surface area (Å²) in [5.41, 5.74) is 1.98. The van der Waals surface area contributed by atoms with Crippen LogP contribution in [0.1, 0.15) is 5.56 Å². The number of anilines is 1. The van der Waals surface area contributed by atoms with Gasteiger partial charge in [0.05, 0.1) is 6.61 Å². The number of aliphatic hydroxyl groups is 1. The summed E-state index contributed by atoms with van der Waals surface area (Å²) in [5.74, 6) is 0. The highest BCUT2D eigenvalue weighted by molar-refractivity contribution is 5.50. The fraction of sp³-hybridized carbons (Fsp3) is 0.455. The maximum Gasteiger partial charge on any atom is 0.0701 e. The monoisotopic (exact) mass is 194 g/mol. The molecule has 2 N–H and O–H groups in total. The van der Waals surface area contributed by atoms with E-state index in [0.29, 0.717) is 0 Å². The van der Waals surface area contributed by atoms with Gasteiger partial charge in [0.2, 0.25) is 0 Å². The van der Waals surface area contributed by atoms with Crippen LogP contribution in [0.3, 0.4) is 0 Å². The zero-order valence-corrected chi connectivity index (χ0v) is 8.83. The third-order valence-electron chi connectivity index (χ3n) is 2.06. The molecule has 0 spiro atoms. The largest absolute Gasteiger partial charge is 0.392 e. The number of nitrogens with zero attached hydrogens (tertiary/aromatic N) is 1. The van der Waals surface area contributed by atoms with Crippen molar-refractivity contribution in [1.82, 2.24) is 4.90 Å². The van der Waals surface area contributed by atoms with E-state index in [1.165, 1.54) is 0 Å². The van der Waals surface area contributed by atoms with Crippen molar-refractivity contribution in [2.45, 2.75) is 6.61 Å². The van der Waals surface area contributed by atoms with Crippen LogP contribution in [0.15, 0.2) is 24.3 Å². The molecule has 0 fully saturated rings. The molecular weight excluding hydrogens is 176 g/mol. The predicted octanol–water partition coefficient (Wildman–Crippen LogP) is 1.15. The lowest BCUT2D eigenvalue weighted by Gasteiger charge is -2.13. The number of aliphatic hydroxyl groups excluding tert-OH is 1. The SMILES string of the molecule is CN(C)CCNc1ccccc1CO. The van der Waals surface area contributed by atoms with E-state index in [2.05, 4.69) is 10.2 Å². The molecule has 78 valence electrons. The number of nitrogens with one attached hydrogen (secondary N) is 1. The molecule has 1 rings (SSSR count). The Kier molecular flexibility index (Phi) is 4.43. The molecule has 0 atom stereocenters. The zero-order chi connectivity index (χ0) is 10.4. The van der Waals surface area contributed by atoms with Crippen molar-refractivity contribution < 1.29 is 5.11 Å². The van der Waals surface area contributed by atoms with Crippen LogP contribution in [-0.4, -0.2) is 37.2 Å². The molecule has 0 aliphatic heterocycles. The first-order valence-corrected chi connectivity index (χ1v) is 4.81. The average molecular weight is 194 g/mol. The van der Waals surface area contributed by atoms with Crippen molar-refractivity contribution in [3.05, 3.63) is 29.8 Å². The lowest BCUT2D eigenvalue weighted by molar-refractivity contribution is 0.282. The number of hydrogen-bond donors (Lipinski definition) is 2. The summed E-state index contributed by atoms with van der Waals surface area (Å²) in [5, 5.41) is 12.4. The standard InChI is InChI=1S/C11H18N2O/c1-13(2)8-7-12-11-6-4-3-5-10(11)9-14/h3-6,12,14H,7-9H2,1-2H3. The normalized spacial score (nSPS) is 10.6. The summed E-state index contributed by atoms with van der Waals surface area (Å²) in [7, 11) is 4.08. The molecule has 1 aromatic rings. The Morgan fingerprint density at radius 2 is 2.00 bits per heavy atom. The van der Waals surface area contributed by atoms with Crippen LogP contribution in [0.25, 0.3) is 0 Å². The summed E-state index contributed by atoms with van der Waals surface area (Å²) < 4.78 is 0. The first-order chi connectivity index (χ1) is 6.74. The fourth-order valence-corrected chi connectivity index (χ4v) is 1.24. The van der Waals surface area contributed by atoms with Crippen LogP contribution in [0.5, 0.6) is 0 Å². The molecule has 0 aromatic heterocycles. The van der Waals surface area contributed by atoms with E-state index in [-0.39, 0.29) is 6.61 Å². The Bertz CT molecular complexity index is 274. The van der Waals surface area contributed by atoms with Gasteiger partial charge in [0.25, 0.3) is 0 Å².